The zero-order valence-electron chi connectivity index (χ0n) is 16.4. The summed E-state index contributed by atoms with van der Waals surface area (Å²) in [5.74, 6) is 0.682. The number of nitrogens with one attached hydrogen (secondary N) is 2. The van der Waals surface area contributed by atoms with Gasteiger partial charge in [-0.3, -0.25) is 9.59 Å². The molecule has 0 spiro atoms. The number of carbonyl (C=O) groups excluding carboxylic acids is 2. The number of amides is 2. The van der Waals surface area contributed by atoms with Crippen LogP contribution in [0.1, 0.15) is 40.0 Å². The minimum absolute atomic E-state index is 0.0939. The van der Waals surface area contributed by atoms with E-state index in [1.54, 1.807) is 26.4 Å². The summed E-state index contributed by atoms with van der Waals surface area (Å²) in [6.45, 7) is 5.71. The van der Waals surface area contributed by atoms with Crippen LogP contribution in [-0.4, -0.2) is 32.6 Å². The molecule has 27 heavy (non-hydrogen) atoms. The van der Waals surface area contributed by atoms with Crippen molar-refractivity contribution in [2.75, 3.05) is 20.8 Å². The van der Waals surface area contributed by atoms with Gasteiger partial charge >= 0.3 is 0 Å². The highest BCUT2D eigenvalue weighted by molar-refractivity contribution is 5.96. The molecule has 6 heteroatoms. The molecule has 0 aliphatic heterocycles. The molecule has 0 aromatic heterocycles. The molecule has 0 bridgehead atoms. The van der Waals surface area contributed by atoms with Crippen molar-refractivity contribution in [2.45, 2.75) is 26.8 Å². The van der Waals surface area contributed by atoms with Gasteiger partial charge in [0, 0.05) is 5.56 Å². The lowest BCUT2D eigenvalue weighted by molar-refractivity contribution is -0.120. The van der Waals surface area contributed by atoms with Crippen LogP contribution in [0.5, 0.6) is 11.5 Å². The highest BCUT2D eigenvalue weighted by Gasteiger charge is 2.14. The molecule has 2 aromatic rings. The second kappa shape index (κ2) is 9.07. The van der Waals surface area contributed by atoms with Crippen molar-refractivity contribution in [3.05, 3.63) is 58.7 Å². The number of methoxy groups -OCH3 is 2. The number of rotatable bonds is 7. The third kappa shape index (κ3) is 5.23. The van der Waals surface area contributed by atoms with E-state index in [4.69, 9.17) is 9.47 Å². The molecule has 0 fully saturated rings. The summed E-state index contributed by atoms with van der Waals surface area (Å²) in [6.07, 6.45) is 0. The molecule has 0 saturated heterocycles. The van der Waals surface area contributed by atoms with Crippen LogP contribution < -0.4 is 20.1 Å². The first-order chi connectivity index (χ1) is 12.8. The Morgan fingerprint density at radius 1 is 0.963 bits per heavy atom. The highest BCUT2D eigenvalue weighted by Crippen LogP contribution is 2.29. The summed E-state index contributed by atoms with van der Waals surface area (Å²) in [4.78, 5) is 24.4. The van der Waals surface area contributed by atoms with Crippen molar-refractivity contribution in [3.8, 4) is 11.5 Å². The van der Waals surface area contributed by atoms with Crippen LogP contribution in [0.2, 0.25) is 0 Å². The van der Waals surface area contributed by atoms with Crippen LogP contribution in [-0.2, 0) is 4.79 Å². The lowest BCUT2D eigenvalue weighted by Gasteiger charge is -2.17. The van der Waals surface area contributed by atoms with Gasteiger partial charge in [-0.2, -0.15) is 0 Å². The Balaban J connectivity index is 1.93. The van der Waals surface area contributed by atoms with Gasteiger partial charge in [-0.25, -0.2) is 0 Å². The van der Waals surface area contributed by atoms with E-state index >= 15 is 0 Å². The van der Waals surface area contributed by atoms with Gasteiger partial charge in [0.05, 0.1) is 26.8 Å². The first-order valence-corrected chi connectivity index (χ1v) is 8.72. The summed E-state index contributed by atoms with van der Waals surface area (Å²) < 4.78 is 10.5. The van der Waals surface area contributed by atoms with Crippen molar-refractivity contribution >= 4 is 11.8 Å². The van der Waals surface area contributed by atoms with Gasteiger partial charge in [-0.05, 0) is 61.7 Å². The predicted molar refractivity (Wildman–Crippen MR) is 104 cm³/mol. The molecule has 144 valence electrons. The topological polar surface area (TPSA) is 76.7 Å². The van der Waals surface area contributed by atoms with Crippen LogP contribution in [0, 0.1) is 13.8 Å². The van der Waals surface area contributed by atoms with Gasteiger partial charge in [0.15, 0.2) is 11.5 Å². The average Bonchev–Trinajstić information content (AvgIpc) is 2.67. The van der Waals surface area contributed by atoms with Gasteiger partial charge in [0.25, 0.3) is 5.91 Å². The molecule has 2 rings (SSSR count). The Labute approximate surface area is 159 Å². The third-order valence-electron chi connectivity index (χ3n) is 4.46. The lowest BCUT2D eigenvalue weighted by atomic mass is 10.1. The second-order valence-electron chi connectivity index (χ2n) is 6.39. The smallest absolute Gasteiger partial charge is 0.251 e. The number of benzene rings is 2. The Kier molecular flexibility index (Phi) is 6.82. The van der Waals surface area contributed by atoms with Crippen LogP contribution >= 0.6 is 0 Å². The molecule has 1 atom stereocenters. The number of hydrogen-bond donors (Lipinski definition) is 2. The second-order valence-corrected chi connectivity index (χ2v) is 6.39. The number of hydrogen-bond acceptors (Lipinski definition) is 4. The molecule has 0 aliphatic carbocycles. The van der Waals surface area contributed by atoms with Gasteiger partial charge in [-0.1, -0.05) is 12.1 Å². The number of aryl methyl sites for hydroxylation is 2. The van der Waals surface area contributed by atoms with E-state index in [2.05, 4.69) is 10.6 Å². The fourth-order valence-electron chi connectivity index (χ4n) is 2.64. The van der Waals surface area contributed by atoms with Crippen molar-refractivity contribution in [1.82, 2.24) is 10.6 Å². The van der Waals surface area contributed by atoms with E-state index in [0.717, 1.165) is 16.7 Å². The first-order valence-electron chi connectivity index (χ1n) is 8.72. The van der Waals surface area contributed by atoms with Gasteiger partial charge in [0.1, 0.15) is 0 Å². The largest absolute Gasteiger partial charge is 0.493 e. The molecular weight excluding hydrogens is 344 g/mol. The Morgan fingerprint density at radius 2 is 1.67 bits per heavy atom. The van der Waals surface area contributed by atoms with Gasteiger partial charge in [0.2, 0.25) is 5.91 Å². The molecule has 2 amide bonds. The number of ether oxygens (including phenoxy) is 2. The fourth-order valence-corrected chi connectivity index (χ4v) is 2.64. The molecular formula is C21H26N2O4. The van der Waals surface area contributed by atoms with Crippen LogP contribution in [0.4, 0.5) is 0 Å². The first kappa shape index (κ1) is 20.3. The van der Waals surface area contributed by atoms with Crippen molar-refractivity contribution < 1.29 is 19.1 Å². The zero-order valence-corrected chi connectivity index (χ0v) is 16.4. The minimum atomic E-state index is -0.271. The van der Waals surface area contributed by atoms with Crippen LogP contribution in [0.15, 0.2) is 36.4 Å². The zero-order chi connectivity index (χ0) is 20.0. The van der Waals surface area contributed by atoms with Crippen LogP contribution in [0.3, 0.4) is 0 Å². The van der Waals surface area contributed by atoms with E-state index in [1.165, 1.54) is 0 Å². The molecule has 2 aromatic carbocycles. The summed E-state index contributed by atoms with van der Waals surface area (Å²) in [6, 6.07) is 10.7. The van der Waals surface area contributed by atoms with Gasteiger partial charge < -0.3 is 20.1 Å². The Morgan fingerprint density at radius 3 is 2.30 bits per heavy atom. The molecule has 0 aliphatic rings. The van der Waals surface area contributed by atoms with Crippen molar-refractivity contribution in [2.24, 2.45) is 0 Å². The standard InChI is InChI=1S/C21H26N2O4/c1-13-6-7-17(10-14(13)2)21(25)22-12-20(24)23-15(3)16-8-9-18(26-4)19(11-16)27-5/h6-11,15H,12H2,1-5H3,(H,22,25)(H,23,24). The van der Waals surface area contributed by atoms with E-state index in [-0.39, 0.29) is 24.4 Å². The van der Waals surface area contributed by atoms with E-state index < -0.39 is 0 Å². The molecule has 0 heterocycles. The van der Waals surface area contributed by atoms with E-state index in [9.17, 15) is 9.59 Å². The quantitative estimate of drug-likeness (QED) is 0.786. The third-order valence-corrected chi connectivity index (χ3v) is 4.46. The van der Waals surface area contributed by atoms with Crippen molar-refractivity contribution in [1.29, 1.82) is 0 Å². The summed E-state index contributed by atoms with van der Waals surface area (Å²) >= 11 is 0. The molecule has 6 nitrogen and oxygen atoms in total. The molecule has 1 unspecified atom stereocenters. The molecule has 0 radical (unpaired) electrons. The lowest BCUT2D eigenvalue weighted by Crippen LogP contribution is -2.38. The predicted octanol–water partition coefficient (Wildman–Crippen LogP) is 2.93. The summed E-state index contributed by atoms with van der Waals surface area (Å²) in [7, 11) is 3.13. The maximum atomic E-state index is 12.2. The maximum absolute atomic E-state index is 12.2. The number of carbonyl (C=O) groups is 2. The van der Waals surface area contributed by atoms with Crippen molar-refractivity contribution in [3.63, 3.8) is 0 Å². The minimum Gasteiger partial charge on any atom is -0.493 e. The maximum Gasteiger partial charge on any atom is 0.251 e. The normalized spacial score (nSPS) is 11.4. The van der Waals surface area contributed by atoms with Crippen LogP contribution in [0.25, 0.3) is 0 Å². The Bertz CT molecular complexity index is 833. The van der Waals surface area contributed by atoms with E-state index in [1.807, 2.05) is 45.0 Å². The Hall–Kier alpha value is -3.02. The average molecular weight is 370 g/mol. The van der Waals surface area contributed by atoms with E-state index in [0.29, 0.717) is 17.1 Å². The monoisotopic (exact) mass is 370 g/mol. The fraction of sp³-hybridized carbons (Fsp3) is 0.333. The summed E-state index contributed by atoms with van der Waals surface area (Å²) in [5.41, 5.74) is 3.57. The SMILES string of the molecule is COc1ccc(C(C)NC(=O)CNC(=O)c2ccc(C)c(C)c2)cc1OC. The molecule has 0 saturated carbocycles. The highest BCUT2D eigenvalue weighted by atomic mass is 16.5. The molecule has 2 N–H and O–H groups in total. The summed E-state index contributed by atoms with van der Waals surface area (Å²) in [5, 5.41) is 5.51. The van der Waals surface area contributed by atoms with Gasteiger partial charge in [-0.15, -0.1) is 0 Å².